The molecule has 0 unspecified atom stereocenters. The summed E-state index contributed by atoms with van der Waals surface area (Å²) in [6.07, 6.45) is 0. The second-order valence-electron chi connectivity index (χ2n) is 2.94. The van der Waals surface area contributed by atoms with E-state index in [4.69, 9.17) is 9.31 Å². The Morgan fingerprint density at radius 3 is 3.23 bits per heavy atom. The lowest BCUT2D eigenvalue weighted by Gasteiger charge is -2.04. The van der Waals surface area contributed by atoms with E-state index in [2.05, 4.69) is 0 Å². The van der Waals surface area contributed by atoms with Gasteiger partial charge in [-0.25, -0.2) is 4.39 Å². The first-order valence-electron chi connectivity index (χ1n) is 4.33. The lowest BCUT2D eigenvalue weighted by atomic mass is 9.79. The zero-order chi connectivity index (χ0) is 9.26. The van der Waals surface area contributed by atoms with Crippen molar-refractivity contribution in [2.45, 2.75) is 13.5 Å². The van der Waals surface area contributed by atoms with Crippen molar-refractivity contribution < 1.29 is 13.7 Å². The van der Waals surface area contributed by atoms with E-state index in [9.17, 15) is 4.39 Å². The topological polar surface area (TPSA) is 18.5 Å². The average molecular weight is 180 g/mol. The van der Waals surface area contributed by atoms with Gasteiger partial charge in [0.2, 0.25) is 0 Å². The van der Waals surface area contributed by atoms with Crippen LogP contribution in [0.3, 0.4) is 0 Å². The van der Waals surface area contributed by atoms with E-state index in [1.807, 2.05) is 6.92 Å². The van der Waals surface area contributed by atoms with Gasteiger partial charge in [0.05, 0.1) is 6.61 Å². The van der Waals surface area contributed by atoms with Crippen molar-refractivity contribution in [2.24, 2.45) is 0 Å². The summed E-state index contributed by atoms with van der Waals surface area (Å²) in [5.41, 5.74) is 1.83. The standard InChI is InChI=1S/C9H10BFO2/c1-2-12-10-9-4-3-8(11)5-7(9)6-13-10/h3-5H,2,6H2,1H3. The Hall–Kier alpha value is -0.865. The van der Waals surface area contributed by atoms with Crippen LogP contribution in [0.4, 0.5) is 4.39 Å². The van der Waals surface area contributed by atoms with E-state index < -0.39 is 0 Å². The van der Waals surface area contributed by atoms with Crippen molar-refractivity contribution in [1.82, 2.24) is 0 Å². The molecule has 1 aliphatic heterocycles. The summed E-state index contributed by atoms with van der Waals surface area (Å²) in [5, 5.41) is 0. The highest BCUT2D eigenvalue weighted by atomic mass is 19.1. The summed E-state index contributed by atoms with van der Waals surface area (Å²) in [4.78, 5) is 0. The van der Waals surface area contributed by atoms with Crippen LogP contribution < -0.4 is 5.46 Å². The third-order valence-corrected chi connectivity index (χ3v) is 2.07. The van der Waals surface area contributed by atoms with Gasteiger partial charge in [-0.1, -0.05) is 6.07 Å². The second-order valence-corrected chi connectivity index (χ2v) is 2.94. The van der Waals surface area contributed by atoms with Crippen molar-refractivity contribution in [1.29, 1.82) is 0 Å². The van der Waals surface area contributed by atoms with Crippen molar-refractivity contribution >= 4 is 12.6 Å². The van der Waals surface area contributed by atoms with Gasteiger partial charge in [0.25, 0.3) is 0 Å². The van der Waals surface area contributed by atoms with E-state index >= 15 is 0 Å². The Balaban J connectivity index is 2.27. The van der Waals surface area contributed by atoms with E-state index in [1.54, 1.807) is 6.07 Å². The maximum Gasteiger partial charge on any atom is 0.494 e. The number of halogens is 1. The Morgan fingerprint density at radius 2 is 2.46 bits per heavy atom. The Kier molecular flexibility index (Phi) is 2.33. The van der Waals surface area contributed by atoms with Gasteiger partial charge in [0.15, 0.2) is 0 Å². The highest BCUT2D eigenvalue weighted by molar-refractivity contribution is 6.62. The molecule has 0 aliphatic carbocycles. The fraction of sp³-hybridized carbons (Fsp3) is 0.333. The van der Waals surface area contributed by atoms with Gasteiger partial charge in [-0.15, -0.1) is 0 Å². The molecule has 2 rings (SSSR count). The van der Waals surface area contributed by atoms with E-state index in [0.29, 0.717) is 13.2 Å². The van der Waals surface area contributed by atoms with Crippen LogP contribution in [0.15, 0.2) is 18.2 Å². The zero-order valence-corrected chi connectivity index (χ0v) is 7.42. The molecular formula is C9H10BFO2. The fourth-order valence-electron chi connectivity index (χ4n) is 1.47. The summed E-state index contributed by atoms with van der Waals surface area (Å²) in [6.45, 7) is 2.95. The lowest BCUT2D eigenvalue weighted by Crippen LogP contribution is -2.32. The minimum Gasteiger partial charge on any atom is -0.408 e. The molecule has 1 aromatic rings. The van der Waals surface area contributed by atoms with Crippen LogP contribution in [0, 0.1) is 5.82 Å². The van der Waals surface area contributed by atoms with Gasteiger partial charge in [-0.2, -0.15) is 0 Å². The molecule has 2 nitrogen and oxygen atoms in total. The van der Waals surface area contributed by atoms with Gasteiger partial charge >= 0.3 is 7.12 Å². The Bertz CT molecular complexity index is 316. The van der Waals surface area contributed by atoms with Gasteiger partial charge < -0.3 is 9.31 Å². The van der Waals surface area contributed by atoms with Crippen LogP contribution >= 0.6 is 0 Å². The SMILES string of the molecule is CCOB1OCc2cc(F)ccc21. The largest absolute Gasteiger partial charge is 0.494 e. The third kappa shape index (κ3) is 1.60. The quantitative estimate of drug-likeness (QED) is 0.634. The maximum absolute atomic E-state index is 12.8. The Morgan fingerprint density at radius 1 is 1.62 bits per heavy atom. The van der Waals surface area contributed by atoms with Gasteiger partial charge in [0.1, 0.15) is 5.82 Å². The minimum atomic E-state index is -0.305. The molecule has 0 saturated carbocycles. The number of benzene rings is 1. The maximum atomic E-state index is 12.8. The number of hydrogen-bond donors (Lipinski definition) is 0. The average Bonchev–Trinajstić information content (AvgIpc) is 2.49. The molecule has 13 heavy (non-hydrogen) atoms. The van der Waals surface area contributed by atoms with Crippen molar-refractivity contribution in [3.05, 3.63) is 29.6 Å². The van der Waals surface area contributed by atoms with Gasteiger partial charge in [-0.05, 0) is 30.1 Å². The molecule has 0 N–H and O–H groups in total. The summed E-state index contributed by atoms with van der Waals surface area (Å²) < 4.78 is 23.4. The summed E-state index contributed by atoms with van der Waals surface area (Å²) >= 11 is 0. The summed E-state index contributed by atoms with van der Waals surface area (Å²) in [7, 11) is -0.305. The molecule has 0 amide bonds. The van der Waals surface area contributed by atoms with Crippen LogP contribution in [0.25, 0.3) is 0 Å². The van der Waals surface area contributed by atoms with Gasteiger partial charge in [-0.3, -0.25) is 0 Å². The van der Waals surface area contributed by atoms with Crippen molar-refractivity contribution in [3.63, 3.8) is 0 Å². The van der Waals surface area contributed by atoms with Crippen molar-refractivity contribution in [3.8, 4) is 0 Å². The molecule has 68 valence electrons. The van der Waals surface area contributed by atoms with E-state index in [0.717, 1.165) is 11.0 Å². The molecular weight excluding hydrogens is 170 g/mol. The summed E-state index contributed by atoms with van der Waals surface area (Å²) in [6, 6.07) is 4.64. The molecule has 0 spiro atoms. The molecule has 0 radical (unpaired) electrons. The molecule has 0 aromatic heterocycles. The van der Waals surface area contributed by atoms with Crippen LogP contribution in [0.1, 0.15) is 12.5 Å². The molecule has 0 saturated heterocycles. The van der Waals surface area contributed by atoms with Crippen LogP contribution in [0.2, 0.25) is 0 Å². The number of fused-ring (bicyclic) bond motifs is 1. The highest BCUT2D eigenvalue weighted by Gasteiger charge is 2.30. The smallest absolute Gasteiger partial charge is 0.408 e. The molecule has 0 atom stereocenters. The second kappa shape index (κ2) is 3.48. The molecule has 4 heteroatoms. The predicted octanol–water partition coefficient (Wildman–Crippen LogP) is 1.09. The monoisotopic (exact) mass is 180 g/mol. The first-order chi connectivity index (χ1) is 6.31. The summed E-state index contributed by atoms with van der Waals surface area (Å²) in [5.74, 6) is -0.223. The molecule has 1 heterocycles. The Labute approximate surface area is 76.8 Å². The third-order valence-electron chi connectivity index (χ3n) is 2.07. The molecule has 1 aliphatic rings. The van der Waals surface area contributed by atoms with Crippen molar-refractivity contribution in [2.75, 3.05) is 6.61 Å². The number of rotatable bonds is 2. The molecule has 0 fully saturated rings. The zero-order valence-electron chi connectivity index (χ0n) is 7.42. The molecule has 0 bridgehead atoms. The minimum absolute atomic E-state index is 0.223. The van der Waals surface area contributed by atoms with E-state index in [-0.39, 0.29) is 12.9 Å². The highest BCUT2D eigenvalue weighted by Crippen LogP contribution is 2.12. The normalized spacial score (nSPS) is 14.8. The molecule has 1 aromatic carbocycles. The first-order valence-corrected chi connectivity index (χ1v) is 4.33. The van der Waals surface area contributed by atoms with Crippen LogP contribution in [-0.4, -0.2) is 13.7 Å². The van der Waals surface area contributed by atoms with E-state index in [1.165, 1.54) is 12.1 Å². The fourth-order valence-corrected chi connectivity index (χ4v) is 1.47. The lowest BCUT2D eigenvalue weighted by molar-refractivity contribution is 0.220. The number of hydrogen-bond acceptors (Lipinski definition) is 2. The predicted molar refractivity (Wildman–Crippen MR) is 48.2 cm³/mol. The van der Waals surface area contributed by atoms with Crippen LogP contribution in [0.5, 0.6) is 0 Å². The van der Waals surface area contributed by atoms with Crippen LogP contribution in [-0.2, 0) is 15.9 Å². The van der Waals surface area contributed by atoms with Gasteiger partial charge in [0, 0.05) is 6.61 Å². The first kappa shape index (κ1) is 8.72.